The van der Waals surface area contributed by atoms with Crippen molar-refractivity contribution in [3.63, 3.8) is 0 Å². The van der Waals surface area contributed by atoms with Gasteiger partial charge in [0.25, 0.3) is 0 Å². The molecule has 1 rings (SSSR count). The summed E-state index contributed by atoms with van der Waals surface area (Å²) in [6.07, 6.45) is 7.60. The summed E-state index contributed by atoms with van der Waals surface area (Å²) in [4.78, 5) is 0. The molecule has 1 atom stereocenters. The molecule has 3 nitrogen and oxygen atoms in total. The number of hydrogen-bond donors (Lipinski definition) is 1. The number of ether oxygens (including phenoxy) is 2. The van der Waals surface area contributed by atoms with Crippen molar-refractivity contribution in [1.29, 1.82) is 0 Å². The van der Waals surface area contributed by atoms with E-state index in [1.165, 1.54) is 32.1 Å². The molecule has 0 aromatic rings. The molecule has 0 saturated heterocycles. The number of hydrogen-bond acceptors (Lipinski definition) is 3. The Hall–Kier alpha value is -0.120. The van der Waals surface area contributed by atoms with Gasteiger partial charge in [-0.05, 0) is 25.2 Å². The van der Waals surface area contributed by atoms with Crippen molar-refractivity contribution >= 4 is 0 Å². The van der Waals surface area contributed by atoms with Crippen molar-refractivity contribution < 1.29 is 9.47 Å². The zero-order valence-electron chi connectivity index (χ0n) is 10.6. The van der Waals surface area contributed by atoms with Crippen LogP contribution in [0, 0.1) is 5.92 Å². The van der Waals surface area contributed by atoms with Gasteiger partial charge in [-0.1, -0.05) is 26.2 Å². The van der Waals surface area contributed by atoms with Crippen LogP contribution in [0.3, 0.4) is 0 Å². The molecule has 0 aromatic carbocycles. The van der Waals surface area contributed by atoms with Crippen LogP contribution < -0.4 is 5.73 Å². The Morgan fingerprint density at radius 1 is 1.12 bits per heavy atom. The van der Waals surface area contributed by atoms with Crippen molar-refractivity contribution in [3.8, 4) is 0 Å². The minimum Gasteiger partial charge on any atom is -0.379 e. The molecule has 0 spiro atoms. The van der Waals surface area contributed by atoms with Crippen LogP contribution >= 0.6 is 0 Å². The molecule has 2 N–H and O–H groups in total. The van der Waals surface area contributed by atoms with Crippen LogP contribution in [0.1, 0.15) is 45.4 Å². The summed E-state index contributed by atoms with van der Waals surface area (Å²) in [5, 5.41) is 0. The first-order valence-electron chi connectivity index (χ1n) is 6.75. The van der Waals surface area contributed by atoms with Gasteiger partial charge in [0.1, 0.15) is 0 Å². The summed E-state index contributed by atoms with van der Waals surface area (Å²) in [5.41, 5.74) is 6.08. The van der Waals surface area contributed by atoms with Crippen LogP contribution in [0.2, 0.25) is 0 Å². The minimum atomic E-state index is 0.234. The van der Waals surface area contributed by atoms with Gasteiger partial charge in [-0.2, -0.15) is 0 Å². The topological polar surface area (TPSA) is 44.5 Å². The lowest BCUT2D eigenvalue weighted by atomic mass is 10.00. The molecule has 0 radical (unpaired) electrons. The van der Waals surface area contributed by atoms with E-state index in [2.05, 4.69) is 6.92 Å². The second-order valence-electron chi connectivity index (χ2n) is 4.75. The fourth-order valence-corrected chi connectivity index (χ4v) is 2.21. The maximum absolute atomic E-state index is 6.08. The Balaban J connectivity index is 1.86. The lowest BCUT2D eigenvalue weighted by Crippen LogP contribution is -2.33. The molecule has 1 unspecified atom stereocenters. The summed E-state index contributed by atoms with van der Waals surface area (Å²) in [5.74, 6) is 0.695. The van der Waals surface area contributed by atoms with Crippen LogP contribution in [0.5, 0.6) is 0 Å². The molecule has 1 fully saturated rings. The van der Waals surface area contributed by atoms with Gasteiger partial charge in [-0.25, -0.2) is 0 Å². The zero-order chi connectivity index (χ0) is 11.6. The standard InChI is InChI=1S/C13H27NO2/c1-2-3-8-15-9-10-16-11-13(14)12-6-4-5-7-12/h12-13H,2-11,14H2,1H3. The van der Waals surface area contributed by atoms with Crippen molar-refractivity contribution in [1.82, 2.24) is 0 Å². The first-order chi connectivity index (χ1) is 7.84. The van der Waals surface area contributed by atoms with Crippen LogP contribution in [-0.4, -0.2) is 32.5 Å². The molecular weight excluding hydrogens is 202 g/mol. The fraction of sp³-hybridized carbons (Fsp3) is 1.00. The maximum Gasteiger partial charge on any atom is 0.0701 e. The fourth-order valence-electron chi connectivity index (χ4n) is 2.21. The normalized spacial score (nSPS) is 19.1. The van der Waals surface area contributed by atoms with E-state index in [1.54, 1.807) is 0 Å². The van der Waals surface area contributed by atoms with Crippen LogP contribution in [0.25, 0.3) is 0 Å². The largest absolute Gasteiger partial charge is 0.379 e. The van der Waals surface area contributed by atoms with Gasteiger partial charge in [0.2, 0.25) is 0 Å². The third kappa shape index (κ3) is 5.83. The van der Waals surface area contributed by atoms with Gasteiger partial charge < -0.3 is 15.2 Å². The quantitative estimate of drug-likeness (QED) is 0.617. The van der Waals surface area contributed by atoms with E-state index in [1.807, 2.05) is 0 Å². The van der Waals surface area contributed by atoms with Gasteiger partial charge in [0.15, 0.2) is 0 Å². The van der Waals surface area contributed by atoms with E-state index in [0.717, 1.165) is 13.0 Å². The summed E-state index contributed by atoms with van der Waals surface area (Å²) in [7, 11) is 0. The van der Waals surface area contributed by atoms with Crippen molar-refractivity contribution in [2.75, 3.05) is 26.4 Å². The van der Waals surface area contributed by atoms with Crippen LogP contribution in [0.4, 0.5) is 0 Å². The highest BCUT2D eigenvalue weighted by Crippen LogP contribution is 2.26. The summed E-state index contributed by atoms with van der Waals surface area (Å²) in [6.45, 7) is 5.11. The smallest absolute Gasteiger partial charge is 0.0701 e. The Morgan fingerprint density at radius 2 is 1.81 bits per heavy atom. The van der Waals surface area contributed by atoms with Gasteiger partial charge in [0.05, 0.1) is 19.8 Å². The molecule has 1 aliphatic rings. The minimum absolute atomic E-state index is 0.234. The molecule has 3 heteroatoms. The molecule has 0 aliphatic heterocycles. The van der Waals surface area contributed by atoms with E-state index >= 15 is 0 Å². The van der Waals surface area contributed by atoms with E-state index in [9.17, 15) is 0 Å². The molecular formula is C13H27NO2. The molecule has 96 valence electrons. The van der Waals surface area contributed by atoms with Gasteiger partial charge in [-0.3, -0.25) is 0 Å². The first-order valence-corrected chi connectivity index (χ1v) is 6.75. The molecule has 1 saturated carbocycles. The summed E-state index contributed by atoms with van der Waals surface area (Å²) >= 11 is 0. The zero-order valence-corrected chi connectivity index (χ0v) is 10.6. The highest BCUT2D eigenvalue weighted by Gasteiger charge is 2.21. The number of unbranched alkanes of at least 4 members (excludes halogenated alkanes) is 1. The van der Waals surface area contributed by atoms with Crippen LogP contribution in [-0.2, 0) is 9.47 Å². The lowest BCUT2D eigenvalue weighted by Gasteiger charge is -2.18. The molecule has 16 heavy (non-hydrogen) atoms. The highest BCUT2D eigenvalue weighted by atomic mass is 16.5. The second kappa shape index (κ2) is 8.97. The average molecular weight is 229 g/mol. The number of nitrogens with two attached hydrogens (primary N) is 1. The highest BCUT2D eigenvalue weighted by molar-refractivity contribution is 4.77. The maximum atomic E-state index is 6.08. The average Bonchev–Trinajstić information content (AvgIpc) is 2.81. The molecule has 1 aliphatic carbocycles. The predicted molar refractivity (Wildman–Crippen MR) is 66.5 cm³/mol. The second-order valence-corrected chi connectivity index (χ2v) is 4.75. The Kier molecular flexibility index (Phi) is 7.81. The van der Waals surface area contributed by atoms with E-state index < -0.39 is 0 Å². The Labute approximate surface area is 99.7 Å². The summed E-state index contributed by atoms with van der Waals surface area (Å²) < 4.78 is 11.0. The Bertz CT molecular complexity index is 158. The molecule has 0 aromatic heterocycles. The Morgan fingerprint density at radius 3 is 2.50 bits per heavy atom. The van der Waals surface area contributed by atoms with Crippen molar-refractivity contribution in [2.24, 2.45) is 11.7 Å². The molecule has 0 bridgehead atoms. The van der Waals surface area contributed by atoms with E-state index in [0.29, 0.717) is 25.7 Å². The monoisotopic (exact) mass is 229 g/mol. The van der Waals surface area contributed by atoms with Gasteiger partial charge >= 0.3 is 0 Å². The van der Waals surface area contributed by atoms with E-state index in [4.69, 9.17) is 15.2 Å². The molecule has 0 heterocycles. The SMILES string of the molecule is CCCCOCCOCC(N)C1CCCC1. The van der Waals surface area contributed by atoms with E-state index in [-0.39, 0.29) is 6.04 Å². The van der Waals surface area contributed by atoms with Gasteiger partial charge in [0, 0.05) is 12.6 Å². The van der Waals surface area contributed by atoms with Crippen molar-refractivity contribution in [3.05, 3.63) is 0 Å². The summed E-state index contributed by atoms with van der Waals surface area (Å²) in [6, 6.07) is 0.234. The van der Waals surface area contributed by atoms with Gasteiger partial charge in [-0.15, -0.1) is 0 Å². The number of rotatable bonds is 9. The van der Waals surface area contributed by atoms with Crippen molar-refractivity contribution in [2.45, 2.75) is 51.5 Å². The third-order valence-corrected chi connectivity index (χ3v) is 3.33. The van der Waals surface area contributed by atoms with Crippen LogP contribution in [0.15, 0.2) is 0 Å². The lowest BCUT2D eigenvalue weighted by molar-refractivity contribution is 0.0364. The predicted octanol–water partition coefficient (Wildman–Crippen LogP) is 2.34. The molecule has 0 amide bonds. The first kappa shape index (κ1) is 13.9. The third-order valence-electron chi connectivity index (χ3n) is 3.33.